The summed E-state index contributed by atoms with van der Waals surface area (Å²) in [4.78, 5) is 22.0. The van der Waals surface area contributed by atoms with Gasteiger partial charge in [0.05, 0.1) is 18.5 Å². The number of benzene rings is 1. The summed E-state index contributed by atoms with van der Waals surface area (Å²) in [6.45, 7) is 2.71. The molecule has 7 nitrogen and oxygen atoms in total. The molecular formula is C22H25N5O2. The second-order valence-electron chi connectivity index (χ2n) is 7.23. The van der Waals surface area contributed by atoms with Crippen LogP contribution in [0.25, 0.3) is 22.5 Å². The van der Waals surface area contributed by atoms with Crippen molar-refractivity contribution in [1.82, 2.24) is 19.9 Å². The maximum Gasteiger partial charge on any atom is 0.293 e. The summed E-state index contributed by atoms with van der Waals surface area (Å²) < 4.78 is 6.92. The molecule has 0 bridgehead atoms. The van der Waals surface area contributed by atoms with Crippen LogP contribution >= 0.6 is 0 Å². The second kappa shape index (κ2) is 8.45. The molecule has 1 atom stereocenters. The number of hydrogen-bond donors (Lipinski definition) is 2. The largest absolute Gasteiger partial charge is 0.497 e. The maximum absolute atomic E-state index is 13.1. The second-order valence-corrected chi connectivity index (χ2v) is 7.23. The molecule has 0 unspecified atom stereocenters. The van der Waals surface area contributed by atoms with Gasteiger partial charge in [0, 0.05) is 37.1 Å². The number of methoxy groups -OCH3 is 1. The Labute approximate surface area is 169 Å². The highest BCUT2D eigenvalue weighted by Crippen LogP contribution is 2.30. The zero-order valence-electron chi connectivity index (χ0n) is 16.7. The van der Waals surface area contributed by atoms with Crippen LogP contribution in [-0.4, -0.2) is 41.3 Å². The van der Waals surface area contributed by atoms with Gasteiger partial charge in [0.25, 0.3) is 5.56 Å². The number of nitrogens with one attached hydrogen (secondary N) is 2. The zero-order chi connectivity index (χ0) is 20.2. The first-order valence-corrected chi connectivity index (χ1v) is 9.78. The van der Waals surface area contributed by atoms with Gasteiger partial charge in [-0.15, -0.1) is 0 Å². The SMILES string of the molecule is COc1ccc(-c2c(-c3cccnc3)nc(NC[C@H]3CCNC3)c(=O)n2C)cc1. The van der Waals surface area contributed by atoms with E-state index in [4.69, 9.17) is 9.72 Å². The Hall–Kier alpha value is -3.19. The van der Waals surface area contributed by atoms with Crippen molar-refractivity contribution in [2.24, 2.45) is 13.0 Å². The summed E-state index contributed by atoms with van der Waals surface area (Å²) in [5, 5.41) is 6.63. The van der Waals surface area contributed by atoms with Crippen LogP contribution in [0.3, 0.4) is 0 Å². The van der Waals surface area contributed by atoms with Crippen LogP contribution in [0.5, 0.6) is 5.75 Å². The van der Waals surface area contributed by atoms with Gasteiger partial charge in [0.15, 0.2) is 5.82 Å². The Kier molecular flexibility index (Phi) is 5.57. The Morgan fingerprint density at radius 1 is 1.24 bits per heavy atom. The molecule has 0 spiro atoms. The molecule has 1 saturated heterocycles. The minimum atomic E-state index is -0.144. The van der Waals surface area contributed by atoms with Crippen molar-refractivity contribution < 1.29 is 4.74 Å². The van der Waals surface area contributed by atoms with Gasteiger partial charge in [0.2, 0.25) is 0 Å². The summed E-state index contributed by atoms with van der Waals surface area (Å²) >= 11 is 0. The first-order chi connectivity index (χ1) is 14.2. The van der Waals surface area contributed by atoms with Gasteiger partial charge in [-0.2, -0.15) is 0 Å². The van der Waals surface area contributed by atoms with Gasteiger partial charge in [-0.1, -0.05) is 0 Å². The molecule has 1 aliphatic heterocycles. The highest BCUT2D eigenvalue weighted by atomic mass is 16.5. The number of rotatable bonds is 6. The van der Waals surface area contributed by atoms with Gasteiger partial charge in [-0.3, -0.25) is 9.78 Å². The van der Waals surface area contributed by atoms with E-state index in [1.807, 2.05) is 36.4 Å². The number of ether oxygens (including phenoxy) is 1. The van der Waals surface area contributed by atoms with E-state index in [0.717, 1.165) is 54.3 Å². The van der Waals surface area contributed by atoms with Gasteiger partial charge in [-0.25, -0.2) is 4.98 Å². The molecule has 3 aromatic rings. The van der Waals surface area contributed by atoms with E-state index in [0.29, 0.717) is 11.7 Å². The predicted molar refractivity (Wildman–Crippen MR) is 114 cm³/mol. The van der Waals surface area contributed by atoms with Crippen LogP contribution in [0.15, 0.2) is 53.6 Å². The van der Waals surface area contributed by atoms with Crippen molar-refractivity contribution in [2.45, 2.75) is 6.42 Å². The van der Waals surface area contributed by atoms with Crippen molar-refractivity contribution >= 4 is 5.82 Å². The fourth-order valence-electron chi connectivity index (χ4n) is 3.66. The average Bonchev–Trinajstić information content (AvgIpc) is 3.29. The highest BCUT2D eigenvalue weighted by molar-refractivity contribution is 5.79. The molecular weight excluding hydrogens is 366 g/mol. The Morgan fingerprint density at radius 2 is 2.07 bits per heavy atom. The minimum Gasteiger partial charge on any atom is -0.497 e. The Balaban J connectivity index is 1.80. The summed E-state index contributed by atoms with van der Waals surface area (Å²) in [6.07, 6.45) is 4.60. The Bertz CT molecular complexity index is 1030. The van der Waals surface area contributed by atoms with Crippen LogP contribution in [-0.2, 0) is 7.05 Å². The van der Waals surface area contributed by atoms with E-state index in [1.54, 1.807) is 31.1 Å². The van der Waals surface area contributed by atoms with Crippen LogP contribution in [0.4, 0.5) is 5.82 Å². The number of anilines is 1. The van der Waals surface area contributed by atoms with Crippen molar-refractivity contribution in [3.63, 3.8) is 0 Å². The first kappa shape index (κ1) is 19.1. The van der Waals surface area contributed by atoms with Crippen LogP contribution < -0.4 is 20.9 Å². The lowest BCUT2D eigenvalue weighted by Crippen LogP contribution is -2.27. The van der Waals surface area contributed by atoms with E-state index in [2.05, 4.69) is 15.6 Å². The Morgan fingerprint density at radius 3 is 2.72 bits per heavy atom. The standard InChI is InChI=1S/C22H25N5O2/c1-27-20(16-5-7-18(29-2)8-6-16)19(17-4-3-10-23-14-17)26-21(22(27)28)25-13-15-9-11-24-12-15/h3-8,10,14-15,24H,9,11-13H2,1-2H3,(H,25,26)/t15-/m0/s1. The van der Waals surface area contributed by atoms with Gasteiger partial charge in [-0.05, 0) is 61.8 Å². The van der Waals surface area contributed by atoms with Crippen LogP contribution in [0.2, 0.25) is 0 Å². The monoisotopic (exact) mass is 391 g/mol. The molecule has 1 aliphatic rings. The van der Waals surface area contributed by atoms with Crippen molar-refractivity contribution in [2.75, 3.05) is 32.1 Å². The highest BCUT2D eigenvalue weighted by Gasteiger charge is 2.20. The summed E-state index contributed by atoms with van der Waals surface area (Å²) in [6, 6.07) is 11.5. The molecule has 150 valence electrons. The number of nitrogens with zero attached hydrogens (tertiary/aromatic N) is 3. The third kappa shape index (κ3) is 4.00. The molecule has 7 heteroatoms. The van der Waals surface area contributed by atoms with Crippen LogP contribution in [0.1, 0.15) is 6.42 Å². The van der Waals surface area contributed by atoms with Gasteiger partial charge in [0.1, 0.15) is 5.75 Å². The number of aromatic nitrogens is 3. The average molecular weight is 391 g/mol. The molecule has 2 N–H and O–H groups in total. The summed E-state index contributed by atoms with van der Waals surface area (Å²) in [7, 11) is 3.42. The topological polar surface area (TPSA) is 81.1 Å². The molecule has 0 aliphatic carbocycles. The molecule has 2 aromatic heterocycles. The maximum atomic E-state index is 13.1. The molecule has 29 heavy (non-hydrogen) atoms. The smallest absolute Gasteiger partial charge is 0.293 e. The van der Waals surface area contributed by atoms with Crippen molar-refractivity contribution in [1.29, 1.82) is 0 Å². The van der Waals surface area contributed by atoms with E-state index < -0.39 is 0 Å². The van der Waals surface area contributed by atoms with E-state index in [-0.39, 0.29) is 5.56 Å². The van der Waals surface area contributed by atoms with E-state index >= 15 is 0 Å². The van der Waals surface area contributed by atoms with Gasteiger partial charge < -0.3 is 19.9 Å². The quantitative estimate of drug-likeness (QED) is 0.672. The fourth-order valence-corrected chi connectivity index (χ4v) is 3.66. The molecule has 4 rings (SSSR count). The molecule has 0 amide bonds. The number of hydrogen-bond acceptors (Lipinski definition) is 6. The predicted octanol–water partition coefficient (Wildman–Crippen LogP) is 2.54. The lowest BCUT2D eigenvalue weighted by Gasteiger charge is -2.17. The molecule has 1 fully saturated rings. The summed E-state index contributed by atoms with van der Waals surface area (Å²) in [5.41, 5.74) is 3.08. The third-order valence-corrected chi connectivity index (χ3v) is 5.31. The lowest BCUT2D eigenvalue weighted by molar-refractivity contribution is 0.415. The summed E-state index contributed by atoms with van der Waals surface area (Å²) in [5.74, 6) is 1.64. The number of pyridine rings is 1. The fraction of sp³-hybridized carbons (Fsp3) is 0.318. The lowest BCUT2D eigenvalue weighted by atomic mass is 10.0. The first-order valence-electron chi connectivity index (χ1n) is 9.78. The van der Waals surface area contributed by atoms with E-state index in [1.165, 1.54) is 0 Å². The van der Waals surface area contributed by atoms with E-state index in [9.17, 15) is 4.79 Å². The third-order valence-electron chi connectivity index (χ3n) is 5.31. The normalized spacial score (nSPS) is 16.0. The van der Waals surface area contributed by atoms with Crippen molar-refractivity contribution in [3.05, 3.63) is 59.1 Å². The molecule has 0 radical (unpaired) electrons. The minimum absolute atomic E-state index is 0.144. The molecule has 3 heterocycles. The van der Waals surface area contributed by atoms with Gasteiger partial charge >= 0.3 is 0 Å². The molecule has 1 aromatic carbocycles. The van der Waals surface area contributed by atoms with Crippen LogP contribution in [0, 0.1) is 5.92 Å². The zero-order valence-corrected chi connectivity index (χ0v) is 16.7. The van der Waals surface area contributed by atoms with Crippen molar-refractivity contribution in [3.8, 4) is 28.3 Å². The molecule has 0 saturated carbocycles.